The van der Waals surface area contributed by atoms with Crippen LogP contribution in [-0.4, -0.2) is 57.7 Å². The van der Waals surface area contributed by atoms with Crippen LogP contribution in [0, 0.1) is 0 Å². The van der Waals surface area contributed by atoms with Crippen molar-refractivity contribution in [1.82, 2.24) is 10.2 Å². The molecule has 2 amide bonds. The van der Waals surface area contributed by atoms with Crippen molar-refractivity contribution in [2.75, 3.05) is 12.4 Å². The van der Waals surface area contributed by atoms with Gasteiger partial charge in [0, 0.05) is 32.3 Å². The molecule has 1 aromatic heterocycles. The summed E-state index contributed by atoms with van der Waals surface area (Å²) in [5, 5.41) is 14.7. The molecule has 1 saturated heterocycles. The number of carboxylic acid groups (broad SMARTS) is 1. The standard InChI is InChI=1S/C27H19Cl3N2O8S2/c28-14-3-5-18(17(30)8-14)39-19-6-4-15(29)9-20(19)40-27(37)38-11-13-12-42-25-22(24(34)32(25)23(13)26(35)36)31-21(33)10-16-2-1-7-41-16/h1-9,22,25H,10-12H2,(H,31,33)(H,35,36)/t22-,25-/m1/s1. The van der Waals surface area contributed by atoms with Crippen LogP contribution in [0.1, 0.15) is 4.88 Å². The van der Waals surface area contributed by atoms with Gasteiger partial charge in [0.15, 0.2) is 11.5 Å². The molecule has 5 rings (SSSR count). The maximum atomic E-state index is 12.9. The van der Waals surface area contributed by atoms with Gasteiger partial charge in [-0.15, -0.1) is 23.1 Å². The van der Waals surface area contributed by atoms with Crippen molar-refractivity contribution in [2.45, 2.75) is 17.8 Å². The van der Waals surface area contributed by atoms with Crippen LogP contribution >= 0.6 is 57.9 Å². The molecule has 0 spiro atoms. The van der Waals surface area contributed by atoms with Crippen LogP contribution in [-0.2, 0) is 25.5 Å². The number of rotatable bonds is 9. The normalized spacial score (nSPS) is 17.7. The third-order valence-electron chi connectivity index (χ3n) is 6.06. The number of carbonyl (C=O) groups is 4. The van der Waals surface area contributed by atoms with Gasteiger partial charge >= 0.3 is 12.1 Å². The number of carboxylic acids is 1. The lowest BCUT2D eigenvalue weighted by Gasteiger charge is -2.49. The van der Waals surface area contributed by atoms with Crippen LogP contribution in [0.25, 0.3) is 0 Å². The minimum Gasteiger partial charge on any atom is -0.477 e. The zero-order valence-electron chi connectivity index (χ0n) is 21.2. The highest BCUT2D eigenvalue weighted by Gasteiger charge is 2.54. The number of nitrogens with zero attached hydrogens (tertiary/aromatic N) is 1. The highest BCUT2D eigenvalue weighted by atomic mass is 35.5. The van der Waals surface area contributed by atoms with E-state index >= 15 is 0 Å². The molecule has 2 aliphatic rings. The van der Waals surface area contributed by atoms with E-state index in [-0.39, 0.29) is 56.6 Å². The van der Waals surface area contributed by atoms with Gasteiger partial charge in [-0.25, -0.2) is 9.59 Å². The van der Waals surface area contributed by atoms with E-state index < -0.39 is 36.1 Å². The zero-order valence-corrected chi connectivity index (χ0v) is 25.1. The van der Waals surface area contributed by atoms with Crippen LogP contribution in [0.15, 0.2) is 65.2 Å². The summed E-state index contributed by atoms with van der Waals surface area (Å²) in [6.07, 6.45) is -1.05. The smallest absolute Gasteiger partial charge is 0.477 e. The Hall–Kier alpha value is -3.42. The van der Waals surface area contributed by atoms with E-state index in [1.165, 1.54) is 53.4 Å². The number of thioether (sulfide) groups is 1. The molecule has 10 nitrogen and oxygen atoms in total. The Balaban J connectivity index is 1.23. The molecule has 15 heteroatoms. The molecule has 2 N–H and O–H groups in total. The Kier molecular flexibility index (Phi) is 9.19. The molecule has 2 aromatic carbocycles. The Morgan fingerprint density at radius 3 is 2.45 bits per heavy atom. The number of amides is 2. The van der Waals surface area contributed by atoms with Crippen LogP contribution < -0.4 is 14.8 Å². The van der Waals surface area contributed by atoms with E-state index in [0.717, 1.165) is 9.78 Å². The zero-order chi connectivity index (χ0) is 30.0. The number of thiophene rings is 1. The molecule has 0 saturated carbocycles. The number of aliphatic carboxylic acids is 1. The third kappa shape index (κ3) is 6.63. The van der Waals surface area contributed by atoms with E-state index in [4.69, 9.17) is 49.0 Å². The number of nitrogens with one attached hydrogen (secondary N) is 1. The van der Waals surface area contributed by atoms with E-state index in [9.17, 15) is 24.3 Å². The molecule has 3 aromatic rings. The molecule has 42 heavy (non-hydrogen) atoms. The summed E-state index contributed by atoms with van der Waals surface area (Å²) < 4.78 is 16.3. The Morgan fingerprint density at radius 1 is 1.02 bits per heavy atom. The molecule has 0 bridgehead atoms. The second-order valence-electron chi connectivity index (χ2n) is 8.88. The minimum absolute atomic E-state index is 0.0805. The van der Waals surface area contributed by atoms with E-state index in [1.807, 2.05) is 17.5 Å². The molecule has 1 fully saturated rings. The van der Waals surface area contributed by atoms with Crippen LogP contribution in [0.2, 0.25) is 15.1 Å². The fourth-order valence-electron chi connectivity index (χ4n) is 4.18. The summed E-state index contributed by atoms with van der Waals surface area (Å²) in [4.78, 5) is 51.9. The summed E-state index contributed by atoms with van der Waals surface area (Å²) in [7, 11) is 0. The monoisotopic (exact) mass is 668 g/mol. The molecule has 0 unspecified atom stereocenters. The van der Waals surface area contributed by atoms with Crippen molar-refractivity contribution in [3.63, 3.8) is 0 Å². The van der Waals surface area contributed by atoms with Gasteiger partial charge in [-0.3, -0.25) is 14.5 Å². The van der Waals surface area contributed by atoms with Gasteiger partial charge < -0.3 is 24.6 Å². The third-order valence-corrected chi connectivity index (χ3v) is 9.04. The van der Waals surface area contributed by atoms with E-state index in [2.05, 4.69) is 5.32 Å². The van der Waals surface area contributed by atoms with E-state index in [1.54, 1.807) is 6.07 Å². The Labute approximate surface area is 262 Å². The molecule has 2 aliphatic heterocycles. The summed E-state index contributed by atoms with van der Waals surface area (Å²) in [6.45, 7) is -0.459. The number of ether oxygens (including phenoxy) is 3. The average Bonchev–Trinajstić information content (AvgIpc) is 3.45. The first-order valence-corrected chi connectivity index (χ1v) is 15.2. The molecule has 2 atom stereocenters. The lowest BCUT2D eigenvalue weighted by atomic mass is 10.0. The van der Waals surface area contributed by atoms with Gasteiger partial charge in [0.05, 0.1) is 11.4 Å². The molecular formula is C27H19Cl3N2O8S2. The van der Waals surface area contributed by atoms with Crippen molar-refractivity contribution in [1.29, 1.82) is 0 Å². The average molecular weight is 670 g/mol. The number of hydrogen-bond donors (Lipinski definition) is 2. The van der Waals surface area contributed by atoms with Gasteiger partial charge in [-0.2, -0.15) is 0 Å². The highest BCUT2D eigenvalue weighted by Crippen LogP contribution is 2.41. The summed E-state index contributed by atoms with van der Waals surface area (Å²) >= 11 is 20.8. The fourth-order valence-corrected chi connectivity index (χ4v) is 6.82. The van der Waals surface area contributed by atoms with Crippen molar-refractivity contribution >= 4 is 81.8 Å². The maximum Gasteiger partial charge on any atom is 0.514 e. The predicted octanol–water partition coefficient (Wildman–Crippen LogP) is 6.00. The van der Waals surface area contributed by atoms with Gasteiger partial charge in [0.2, 0.25) is 5.91 Å². The summed E-state index contributed by atoms with van der Waals surface area (Å²) in [5.41, 5.74) is -0.114. The second kappa shape index (κ2) is 12.8. The molecular weight excluding hydrogens is 651 g/mol. The van der Waals surface area contributed by atoms with Crippen LogP contribution in [0.5, 0.6) is 17.2 Å². The lowest BCUT2D eigenvalue weighted by molar-refractivity contribution is -0.150. The van der Waals surface area contributed by atoms with Gasteiger partial charge in [-0.1, -0.05) is 40.9 Å². The predicted molar refractivity (Wildman–Crippen MR) is 158 cm³/mol. The molecule has 0 aliphatic carbocycles. The topological polar surface area (TPSA) is 131 Å². The van der Waals surface area contributed by atoms with Gasteiger partial charge in [0.1, 0.15) is 29.5 Å². The van der Waals surface area contributed by atoms with Crippen molar-refractivity contribution in [3.8, 4) is 17.2 Å². The largest absolute Gasteiger partial charge is 0.514 e. The van der Waals surface area contributed by atoms with Crippen molar-refractivity contribution in [2.24, 2.45) is 0 Å². The Bertz CT molecular complexity index is 1600. The number of hydrogen-bond acceptors (Lipinski definition) is 9. The molecule has 3 heterocycles. The molecule has 0 radical (unpaired) electrons. The van der Waals surface area contributed by atoms with Crippen LogP contribution in [0.4, 0.5) is 4.79 Å². The first kappa shape index (κ1) is 30.1. The first-order valence-electron chi connectivity index (χ1n) is 12.1. The number of halogens is 3. The van der Waals surface area contributed by atoms with Gasteiger partial charge in [-0.05, 0) is 41.8 Å². The minimum atomic E-state index is -1.37. The second-order valence-corrected chi connectivity index (χ2v) is 12.3. The van der Waals surface area contributed by atoms with Gasteiger partial charge in [0.25, 0.3) is 5.91 Å². The lowest BCUT2D eigenvalue weighted by Crippen LogP contribution is -2.70. The number of β-lactam (4-membered cyclic amide) rings is 1. The van der Waals surface area contributed by atoms with Crippen LogP contribution in [0.3, 0.4) is 0 Å². The summed E-state index contributed by atoms with van der Waals surface area (Å²) in [5.74, 6) is -1.87. The number of fused-ring (bicyclic) bond motifs is 1. The number of benzene rings is 2. The maximum absolute atomic E-state index is 12.9. The Morgan fingerprint density at radius 2 is 1.76 bits per heavy atom. The molecule has 218 valence electrons. The number of carbonyl (C=O) groups excluding carboxylic acids is 3. The summed E-state index contributed by atoms with van der Waals surface area (Å²) in [6, 6.07) is 11.7. The van der Waals surface area contributed by atoms with Crippen molar-refractivity contribution < 1.29 is 38.5 Å². The fraction of sp³-hybridized carbons (Fsp3) is 0.185. The first-order chi connectivity index (χ1) is 20.1. The highest BCUT2D eigenvalue weighted by molar-refractivity contribution is 8.00. The van der Waals surface area contributed by atoms with Crippen molar-refractivity contribution in [3.05, 3.63) is 85.1 Å². The quantitative estimate of drug-likeness (QED) is 0.160. The SMILES string of the molecule is O=C(Cc1cccs1)N[C@@H]1C(=O)N2C(C(=O)O)=C(COC(=O)Oc3cc(Cl)ccc3Oc3ccc(Cl)cc3Cl)CS[C@H]12. The van der Waals surface area contributed by atoms with E-state index in [0.29, 0.717) is 5.02 Å².